The maximum Gasteiger partial charge on any atom is 0.115 e. The molecule has 1 aliphatic rings. The molecule has 66 valence electrons. The first-order chi connectivity index (χ1) is 5.38. The lowest BCUT2D eigenvalue weighted by Gasteiger charge is -2.16. The molecule has 1 aromatic rings. The third-order valence-corrected chi connectivity index (χ3v) is 2.09. The van der Waals surface area contributed by atoms with Crippen molar-refractivity contribution in [2.75, 3.05) is 6.54 Å². The Balaban J connectivity index is 0.000000720. The largest absolute Gasteiger partial charge is 0.311 e. The molecule has 0 aliphatic carbocycles. The van der Waals surface area contributed by atoms with Crippen LogP contribution in [0, 0.1) is 6.92 Å². The molecule has 0 bridgehead atoms. The predicted molar refractivity (Wildman–Crippen MR) is 49.4 cm³/mol. The van der Waals surface area contributed by atoms with Gasteiger partial charge in [-0.05, 0) is 25.5 Å². The van der Waals surface area contributed by atoms with Crippen molar-refractivity contribution >= 4 is 12.4 Å². The standard InChI is InChI=1S/C8H11N3.ClH/c1-6-7-2-3-9-4-8(7)11-5-10-6;/h5,9H,2-4H2,1H3;1H. The molecule has 1 N–H and O–H groups in total. The zero-order chi connectivity index (χ0) is 7.68. The van der Waals surface area contributed by atoms with E-state index in [0.717, 1.165) is 25.2 Å². The van der Waals surface area contributed by atoms with Crippen molar-refractivity contribution in [3.63, 3.8) is 0 Å². The molecule has 0 aromatic carbocycles. The van der Waals surface area contributed by atoms with E-state index in [9.17, 15) is 0 Å². The summed E-state index contributed by atoms with van der Waals surface area (Å²) in [4.78, 5) is 8.36. The summed E-state index contributed by atoms with van der Waals surface area (Å²) in [5.74, 6) is 0. The normalized spacial score (nSPS) is 14.8. The van der Waals surface area contributed by atoms with E-state index in [4.69, 9.17) is 0 Å². The number of halogens is 1. The van der Waals surface area contributed by atoms with Crippen LogP contribution in [0.25, 0.3) is 0 Å². The fourth-order valence-corrected chi connectivity index (χ4v) is 1.45. The number of hydrogen-bond donors (Lipinski definition) is 1. The van der Waals surface area contributed by atoms with Gasteiger partial charge in [0.05, 0.1) is 5.69 Å². The van der Waals surface area contributed by atoms with Gasteiger partial charge >= 0.3 is 0 Å². The molecule has 0 spiro atoms. The Bertz CT molecular complexity index is 275. The molecule has 0 unspecified atom stereocenters. The topological polar surface area (TPSA) is 37.8 Å². The van der Waals surface area contributed by atoms with Crippen LogP contribution in [0.3, 0.4) is 0 Å². The average Bonchev–Trinajstić information content (AvgIpc) is 2.06. The van der Waals surface area contributed by atoms with Gasteiger partial charge in [-0.15, -0.1) is 12.4 Å². The van der Waals surface area contributed by atoms with Gasteiger partial charge in [0.25, 0.3) is 0 Å². The molecule has 1 aliphatic heterocycles. The molecule has 4 heteroatoms. The van der Waals surface area contributed by atoms with E-state index in [1.165, 1.54) is 11.3 Å². The summed E-state index contributed by atoms with van der Waals surface area (Å²) in [7, 11) is 0. The van der Waals surface area contributed by atoms with Gasteiger partial charge in [0.2, 0.25) is 0 Å². The highest BCUT2D eigenvalue weighted by atomic mass is 35.5. The third-order valence-electron chi connectivity index (χ3n) is 2.09. The molecule has 2 heterocycles. The van der Waals surface area contributed by atoms with Crippen molar-refractivity contribution in [2.24, 2.45) is 0 Å². The molecule has 3 nitrogen and oxygen atoms in total. The maximum absolute atomic E-state index is 4.21. The molecule has 1 aromatic heterocycles. The predicted octanol–water partition coefficient (Wildman–Crippen LogP) is 0.853. The van der Waals surface area contributed by atoms with E-state index in [0.29, 0.717) is 0 Å². The highest BCUT2D eigenvalue weighted by Gasteiger charge is 2.11. The van der Waals surface area contributed by atoms with Crippen LogP contribution in [0.1, 0.15) is 17.0 Å². The molecule has 0 fully saturated rings. The van der Waals surface area contributed by atoms with Gasteiger partial charge in [0, 0.05) is 12.2 Å². The van der Waals surface area contributed by atoms with Crippen molar-refractivity contribution in [1.82, 2.24) is 15.3 Å². The highest BCUT2D eigenvalue weighted by Crippen LogP contribution is 2.12. The molecular weight excluding hydrogens is 174 g/mol. The molecule has 0 saturated carbocycles. The molecule has 0 radical (unpaired) electrons. The lowest BCUT2D eigenvalue weighted by molar-refractivity contribution is 0.618. The number of rotatable bonds is 0. The Morgan fingerprint density at radius 1 is 1.42 bits per heavy atom. The second-order valence-corrected chi connectivity index (χ2v) is 2.81. The zero-order valence-electron chi connectivity index (χ0n) is 7.00. The van der Waals surface area contributed by atoms with Crippen molar-refractivity contribution in [2.45, 2.75) is 19.9 Å². The number of aromatic nitrogens is 2. The van der Waals surface area contributed by atoms with E-state index in [-0.39, 0.29) is 12.4 Å². The first-order valence-corrected chi connectivity index (χ1v) is 3.88. The van der Waals surface area contributed by atoms with Gasteiger partial charge in [0.15, 0.2) is 0 Å². The van der Waals surface area contributed by atoms with Crippen LogP contribution in [0.15, 0.2) is 6.33 Å². The van der Waals surface area contributed by atoms with Crippen LogP contribution in [0.5, 0.6) is 0 Å². The van der Waals surface area contributed by atoms with Gasteiger partial charge in [-0.3, -0.25) is 0 Å². The summed E-state index contributed by atoms with van der Waals surface area (Å²) < 4.78 is 0. The molecular formula is C8H12ClN3. The zero-order valence-corrected chi connectivity index (χ0v) is 7.82. The second kappa shape index (κ2) is 3.83. The fraction of sp³-hybridized carbons (Fsp3) is 0.500. The van der Waals surface area contributed by atoms with E-state index < -0.39 is 0 Å². The summed E-state index contributed by atoms with van der Waals surface area (Å²) in [5, 5.41) is 3.28. The van der Waals surface area contributed by atoms with Crippen LogP contribution in [-0.2, 0) is 13.0 Å². The number of hydrogen-bond acceptors (Lipinski definition) is 3. The quantitative estimate of drug-likeness (QED) is 0.652. The van der Waals surface area contributed by atoms with Gasteiger partial charge in [-0.2, -0.15) is 0 Å². The third kappa shape index (κ3) is 1.57. The smallest absolute Gasteiger partial charge is 0.115 e. The van der Waals surface area contributed by atoms with Crippen LogP contribution in [0.2, 0.25) is 0 Å². The Morgan fingerprint density at radius 2 is 2.25 bits per heavy atom. The van der Waals surface area contributed by atoms with Crippen molar-refractivity contribution < 1.29 is 0 Å². The Morgan fingerprint density at radius 3 is 3.00 bits per heavy atom. The average molecular weight is 186 g/mol. The van der Waals surface area contributed by atoms with Crippen molar-refractivity contribution in [3.05, 3.63) is 23.3 Å². The lowest BCUT2D eigenvalue weighted by Crippen LogP contribution is -2.25. The minimum Gasteiger partial charge on any atom is -0.311 e. The summed E-state index contributed by atoms with van der Waals surface area (Å²) >= 11 is 0. The first kappa shape index (κ1) is 9.42. The molecule has 0 amide bonds. The summed E-state index contributed by atoms with van der Waals surface area (Å²) in [6, 6.07) is 0. The van der Waals surface area contributed by atoms with Gasteiger partial charge in [0.1, 0.15) is 6.33 Å². The molecule has 0 saturated heterocycles. The van der Waals surface area contributed by atoms with Crippen LogP contribution < -0.4 is 5.32 Å². The minimum atomic E-state index is 0. The number of fused-ring (bicyclic) bond motifs is 1. The Labute approximate surface area is 78.0 Å². The fourth-order valence-electron chi connectivity index (χ4n) is 1.45. The summed E-state index contributed by atoms with van der Waals surface area (Å²) in [6.07, 6.45) is 2.71. The molecule has 0 atom stereocenters. The van der Waals surface area contributed by atoms with Gasteiger partial charge < -0.3 is 5.32 Å². The van der Waals surface area contributed by atoms with Gasteiger partial charge in [-0.25, -0.2) is 9.97 Å². The van der Waals surface area contributed by atoms with E-state index >= 15 is 0 Å². The van der Waals surface area contributed by atoms with Crippen LogP contribution in [-0.4, -0.2) is 16.5 Å². The van der Waals surface area contributed by atoms with Crippen LogP contribution in [0.4, 0.5) is 0 Å². The number of aryl methyl sites for hydroxylation is 1. The van der Waals surface area contributed by atoms with E-state index in [1.54, 1.807) is 6.33 Å². The van der Waals surface area contributed by atoms with E-state index in [2.05, 4.69) is 15.3 Å². The maximum atomic E-state index is 4.21. The summed E-state index contributed by atoms with van der Waals surface area (Å²) in [5.41, 5.74) is 3.64. The number of nitrogens with zero attached hydrogens (tertiary/aromatic N) is 2. The summed E-state index contributed by atoms with van der Waals surface area (Å²) in [6.45, 7) is 4.01. The van der Waals surface area contributed by atoms with Crippen molar-refractivity contribution in [3.8, 4) is 0 Å². The number of nitrogens with one attached hydrogen (secondary N) is 1. The Kier molecular flexibility index (Phi) is 3.00. The molecule has 12 heavy (non-hydrogen) atoms. The second-order valence-electron chi connectivity index (χ2n) is 2.81. The van der Waals surface area contributed by atoms with E-state index in [1.807, 2.05) is 6.92 Å². The first-order valence-electron chi connectivity index (χ1n) is 3.88. The minimum absolute atomic E-state index is 0. The van der Waals surface area contributed by atoms with Crippen LogP contribution >= 0.6 is 12.4 Å². The van der Waals surface area contributed by atoms with Crippen molar-refractivity contribution in [1.29, 1.82) is 0 Å². The highest BCUT2D eigenvalue weighted by molar-refractivity contribution is 5.85. The monoisotopic (exact) mass is 185 g/mol. The SMILES string of the molecule is Cc1ncnc2c1CCNC2.Cl. The Hall–Kier alpha value is -0.670. The van der Waals surface area contributed by atoms with Gasteiger partial charge in [-0.1, -0.05) is 0 Å². The lowest BCUT2D eigenvalue weighted by atomic mass is 10.1. The molecule has 2 rings (SSSR count).